The van der Waals surface area contributed by atoms with Crippen LogP contribution in [-0.4, -0.2) is 0 Å². The third-order valence-electron chi connectivity index (χ3n) is 3.67. The summed E-state index contributed by atoms with van der Waals surface area (Å²) in [6, 6.07) is 0. The Kier molecular flexibility index (Phi) is 0.564. The number of hydrogen-bond acceptors (Lipinski definition) is 0. The zero-order valence-electron chi connectivity index (χ0n) is 5.75. The summed E-state index contributed by atoms with van der Waals surface area (Å²) >= 11 is 0. The minimum Gasteiger partial charge on any atom is -0.0842 e. The second-order valence-electron chi connectivity index (χ2n) is 3.96. The normalized spacial score (nSPS) is 66.6. The van der Waals surface area contributed by atoms with Crippen molar-refractivity contribution in [3.05, 3.63) is 12.2 Å². The van der Waals surface area contributed by atoms with Gasteiger partial charge >= 0.3 is 0 Å². The maximum absolute atomic E-state index is 2.43. The van der Waals surface area contributed by atoms with Crippen LogP contribution in [0.2, 0.25) is 0 Å². The van der Waals surface area contributed by atoms with E-state index in [2.05, 4.69) is 19.1 Å². The van der Waals surface area contributed by atoms with E-state index in [9.17, 15) is 0 Å². The first-order valence-electron chi connectivity index (χ1n) is 4.06. The average molecular weight is 120 g/mol. The molecule has 0 heteroatoms. The van der Waals surface area contributed by atoms with Gasteiger partial charge < -0.3 is 0 Å². The molecule has 0 aromatic heterocycles. The predicted octanol–water partition coefficient (Wildman–Crippen LogP) is 2.07. The summed E-state index contributed by atoms with van der Waals surface area (Å²) in [7, 11) is 0. The molecule has 9 heavy (non-hydrogen) atoms. The van der Waals surface area contributed by atoms with E-state index < -0.39 is 0 Å². The number of fused-ring (bicyclic) bond motifs is 3. The van der Waals surface area contributed by atoms with E-state index in [1.54, 1.807) is 6.42 Å². The molecular weight excluding hydrogens is 108 g/mol. The summed E-state index contributed by atoms with van der Waals surface area (Å²) in [6.07, 6.45) is 6.40. The molecule has 0 radical (unpaired) electrons. The lowest BCUT2D eigenvalue weighted by atomic mass is 9.77. The lowest BCUT2D eigenvalue weighted by Gasteiger charge is -2.28. The standard InChI is InChI=1S/C9H12/c1-5-6-2-3-7(6)9-4-8(5)9/h2-3,5-9H,4H2,1H3. The van der Waals surface area contributed by atoms with Gasteiger partial charge in [0.1, 0.15) is 0 Å². The van der Waals surface area contributed by atoms with Gasteiger partial charge in [-0.1, -0.05) is 19.1 Å². The molecule has 0 aromatic rings. The first-order chi connectivity index (χ1) is 4.38. The lowest BCUT2D eigenvalue weighted by molar-refractivity contribution is 0.347. The van der Waals surface area contributed by atoms with E-state index in [1.165, 1.54) is 0 Å². The SMILES string of the molecule is CC1C2C=CC2C2CC12. The van der Waals surface area contributed by atoms with Crippen molar-refractivity contribution in [2.45, 2.75) is 13.3 Å². The Morgan fingerprint density at radius 1 is 1.11 bits per heavy atom. The molecular formula is C9H12. The molecule has 0 saturated heterocycles. The number of rotatable bonds is 0. The van der Waals surface area contributed by atoms with Crippen molar-refractivity contribution in [3.8, 4) is 0 Å². The number of allylic oxidation sites excluding steroid dienone is 2. The van der Waals surface area contributed by atoms with Crippen molar-refractivity contribution >= 4 is 0 Å². The van der Waals surface area contributed by atoms with E-state index in [0.717, 1.165) is 29.6 Å². The number of hydrogen-bond donors (Lipinski definition) is 0. The van der Waals surface area contributed by atoms with Crippen LogP contribution in [0.1, 0.15) is 13.3 Å². The molecule has 0 aromatic carbocycles. The Bertz CT molecular complexity index is 174. The molecule has 2 saturated carbocycles. The minimum atomic E-state index is 1.01. The zero-order chi connectivity index (χ0) is 6.01. The van der Waals surface area contributed by atoms with E-state index in [0.29, 0.717) is 0 Å². The predicted molar refractivity (Wildman–Crippen MR) is 36.9 cm³/mol. The summed E-state index contributed by atoms with van der Waals surface area (Å²) in [5.41, 5.74) is 0. The van der Waals surface area contributed by atoms with Gasteiger partial charge in [0, 0.05) is 0 Å². The average Bonchev–Trinajstić information content (AvgIpc) is 2.38. The first-order valence-corrected chi connectivity index (χ1v) is 4.06. The topological polar surface area (TPSA) is 0 Å². The highest BCUT2D eigenvalue weighted by Crippen LogP contribution is 2.64. The quantitative estimate of drug-likeness (QED) is 0.429. The Morgan fingerprint density at radius 2 is 1.89 bits per heavy atom. The van der Waals surface area contributed by atoms with Crippen LogP contribution >= 0.6 is 0 Å². The highest BCUT2D eigenvalue weighted by atomic mass is 14.6. The van der Waals surface area contributed by atoms with Crippen LogP contribution in [0.3, 0.4) is 0 Å². The summed E-state index contributed by atoms with van der Waals surface area (Å²) in [6.45, 7) is 2.43. The summed E-state index contributed by atoms with van der Waals surface area (Å²) < 4.78 is 0. The lowest BCUT2D eigenvalue weighted by Crippen LogP contribution is -2.20. The van der Waals surface area contributed by atoms with Crippen molar-refractivity contribution in [2.24, 2.45) is 29.6 Å². The van der Waals surface area contributed by atoms with E-state index in [1.807, 2.05) is 0 Å². The van der Waals surface area contributed by atoms with E-state index in [4.69, 9.17) is 0 Å². The summed E-state index contributed by atoms with van der Waals surface area (Å²) in [5.74, 6) is 5.34. The first kappa shape index (κ1) is 4.54. The second kappa shape index (κ2) is 1.12. The molecule has 2 fully saturated rings. The van der Waals surface area contributed by atoms with Crippen molar-refractivity contribution in [1.29, 1.82) is 0 Å². The minimum absolute atomic E-state index is 1.01. The van der Waals surface area contributed by atoms with Crippen LogP contribution in [0.5, 0.6) is 0 Å². The summed E-state index contributed by atoms with van der Waals surface area (Å²) in [4.78, 5) is 0. The Hall–Kier alpha value is -0.260. The fourth-order valence-electron chi connectivity index (χ4n) is 2.89. The van der Waals surface area contributed by atoms with Gasteiger partial charge in [-0.3, -0.25) is 0 Å². The van der Waals surface area contributed by atoms with Crippen LogP contribution < -0.4 is 0 Å². The van der Waals surface area contributed by atoms with Crippen LogP contribution in [0.4, 0.5) is 0 Å². The molecule has 3 aliphatic carbocycles. The monoisotopic (exact) mass is 120 g/mol. The van der Waals surface area contributed by atoms with Crippen molar-refractivity contribution in [1.82, 2.24) is 0 Å². The van der Waals surface area contributed by atoms with Crippen LogP contribution in [-0.2, 0) is 0 Å². The molecule has 0 aliphatic heterocycles. The van der Waals surface area contributed by atoms with Crippen molar-refractivity contribution in [3.63, 3.8) is 0 Å². The molecule has 48 valence electrons. The molecule has 0 heterocycles. The van der Waals surface area contributed by atoms with E-state index in [-0.39, 0.29) is 0 Å². The molecule has 3 aliphatic rings. The van der Waals surface area contributed by atoms with Crippen LogP contribution in [0.25, 0.3) is 0 Å². The van der Waals surface area contributed by atoms with Gasteiger partial charge in [0.05, 0.1) is 0 Å². The summed E-state index contributed by atoms with van der Waals surface area (Å²) in [5, 5.41) is 0. The molecule has 3 rings (SSSR count). The smallest absolute Gasteiger partial charge is 0.0137 e. The largest absolute Gasteiger partial charge is 0.0842 e. The molecule has 5 atom stereocenters. The Morgan fingerprint density at radius 3 is 2.22 bits per heavy atom. The molecule has 0 amide bonds. The third-order valence-corrected chi connectivity index (χ3v) is 3.67. The second-order valence-corrected chi connectivity index (χ2v) is 3.96. The van der Waals surface area contributed by atoms with Gasteiger partial charge in [0.25, 0.3) is 0 Å². The Balaban J connectivity index is 2.01. The molecule has 0 N–H and O–H groups in total. The zero-order valence-corrected chi connectivity index (χ0v) is 5.75. The third kappa shape index (κ3) is 0.357. The van der Waals surface area contributed by atoms with Gasteiger partial charge in [-0.05, 0) is 36.0 Å². The van der Waals surface area contributed by atoms with Gasteiger partial charge in [-0.15, -0.1) is 0 Å². The maximum Gasteiger partial charge on any atom is -0.0137 e. The van der Waals surface area contributed by atoms with Gasteiger partial charge in [-0.2, -0.15) is 0 Å². The van der Waals surface area contributed by atoms with Gasteiger partial charge in [0.15, 0.2) is 0 Å². The highest BCUT2D eigenvalue weighted by Gasteiger charge is 2.58. The Labute approximate surface area is 56.0 Å². The van der Waals surface area contributed by atoms with Crippen molar-refractivity contribution < 1.29 is 0 Å². The molecule has 0 bridgehead atoms. The van der Waals surface area contributed by atoms with E-state index >= 15 is 0 Å². The molecule has 0 nitrogen and oxygen atoms in total. The fourth-order valence-corrected chi connectivity index (χ4v) is 2.89. The van der Waals surface area contributed by atoms with Gasteiger partial charge in [0.2, 0.25) is 0 Å². The maximum atomic E-state index is 2.43. The molecule has 0 spiro atoms. The van der Waals surface area contributed by atoms with Crippen LogP contribution in [0.15, 0.2) is 12.2 Å². The fraction of sp³-hybridized carbons (Fsp3) is 0.778. The molecule has 5 unspecified atom stereocenters. The highest BCUT2D eigenvalue weighted by molar-refractivity contribution is 5.23. The van der Waals surface area contributed by atoms with Crippen molar-refractivity contribution in [2.75, 3.05) is 0 Å². The van der Waals surface area contributed by atoms with Gasteiger partial charge in [-0.25, -0.2) is 0 Å². The van der Waals surface area contributed by atoms with Crippen LogP contribution in [0, 0.1) is 29.6 Å².